The summed E-state index contributed by atoms with van der Waals surface area (Å²) in [4.78, 5) is 15.3. The molecule has 5 nitrogen and oxygen atoms in total. The summed E-state index contributed by atoms with van der Waals surface area (Å²) < 4.78 is 5.04. The molecule has 5 heteroatoms. The Morgan fingerprint density at radius 1 is 1.31 bits per heavy atom. The third-order valence-corrected chi connectivity index (χ3v) is 2.41. The second kappa shape index (κ2) is 3.37. The van der Waals surface area contributed by atoms with Gasteiger partial charge in [-0.15, -0.1) is 10.2 Å². The van der Waals surface area contributed by atoms with Gasteiger partial charge < -0.3 is 4.74 Å². The summed E-state index contributed by atoms with van der Waals surface area (Å²) >= 11 is 0. The molecule has 0 radical (unpaired) electrons. The molecule has 0 saturated heterocycles. The van der Waals surface area contributed by atoms with Gasteiger partial charge in [0.05, 0.1) is 11.8 Å². The van der Waals surface area contributed by atoms with Crippen molar-refractivity contribution in [1.29, 1.82) is 0 Å². The van der Waals surface area contributed by atoms with Crippen molar-refractivity contribution in [1.82, 2.24) is 0 Å². The molecular weight excluding hydrogens is 206 g/mol. The monoisotopic (exact) mass is 213 g/mol. The molecular formula is C11H7N3O2. The van der Waals surface area contributed by atoms with Crippen LogP contribution in [0.1, 0.15) is 0 Å². The van der Waals surface area contributed by atoms with Crippen LogP contribution >= 0.6 is 0 Å². The summed E-state index contributed by atoms with van der Waals surface area (Å²) in [6.07, 6.45) is 8.32. The van der Waals surface area contributed by atoms with Crippen molar-refractivity contribution in [2.75, 3.05) is 6.61 Å². The third-order valence-electron chi connectivity index (χ3n) is 2.41. The number of fused-ring (bicyclic) bond motifs is 1. The van der Waals surface area contributed by atoms with E-state index in [-0.39, 0.29) is 5.91 Å². The molecule has 0 atom stereocenters. The van der Waals surface area contributed by atoms with Gasteiger partial charge in [-0.2, -0.15) is 0 Å². The average Bonchev–Trinajstić information content (AvgIpc) is 2.75. The molecule has 0 aromatic heterocycles. The SMILES string of the molecule is O=C1N=CC=C2N=NC(C3=CCOC=C3)=C12. The van der Waals surface area contributed by atoms with Crippen molar-refractivity contribution in [2.24, 2.45) is 15.2 Å². The Kier molecular flexibility index (Phi) is 1.89. The number of aliphatic imine (C=N–C) groups is 1. The van der Waals surface area contributed by atoms with Gasteiger partial charge in [0.15, 0.2) is 0 Å². The topological polar surface area (TPSA) is 63.4 Å². The zero-order valence-corrected chi connectivity index (χ0v) is 8.25. The van der Waals surface area contributed by atoms with Gasteiger partial charge in [0.2, 0.25) is 0 Å². The average molecular weight is 213 g/mol. The highest BCUT2D eigenvalue weighted by atomic mass is 16.5. The van der Waals surface area contributed by atoms with Crippen LogP contribution in [0, 0.1) is 0 Å². The van der Waals surface area contributed by atoms with E-state index in [0.717, 1.165) is 5.57 Å². The minimum atomic E-state index is -0.293. The Bertz CT molecular complexity index is 548. The Hall–Kier alpha value is -2.30. The van der Waals surface area contributed by atoms with Gasteiger partial charge in [0.25, 0.3) is 5.91 Å². The van der Waals surface area contributed by atoms with Crippen molar-refractivity contribution in [3.05, 3.63) is 47.0 Å². The largest absolute Gasteiger partial charge is 0.497 e. The van der Waals surface area contributed by atoms with Gasteiger partial charge in [0, 0.05) is 11.8 Å². The van der Waals surface area contributed by atoms with Crippen LogP contribution in [0.3, 0.4) is 0 Å². The molecule has 0 N–H and O–H groups in total. The number of dihydropyridines is 1. The van der Waals surface area contributed by atoms with Gasteiger partial charge >= 0.3 is 0 Å². The van der Waals surface area contributed by atoms with Gasteiger partial charge in [0.1, 0.15) is 18.0 Å². The van der Waals surface area contributed by atoms with Crippen LogP contribution < -0.4 is 0 Å². The first-order chi connectivity index (χ1) is 7.86. The maximum absolute atomic E-state index is 11.6. The van der Waals surface area contributed by atoms with Crippen LogP contribution in [-0.4, -0.2) is 18.7 Å². The van der Waals surface area contributed by atoms with Crippen molar-refractivity contribution in [3.8, 4) is 0 Å². The van der Waals surface area contributed by atoms with Crippen molar-refractivity contribution in [3.63, 3.8) is 0 Å². The zero-order valence-electron chi connectivity index (χ0n) is 8.25. The number of amides is 1. The Morgan fingerprint density at radius 3 is 3.06 bits per heavy atom. The molecule has 0 aromatic carbocycles. The van der Waals surface area contributed by atoms with E-state index in [2.05, 4.69) is 15.2 Å². The molecule has 0 fully saturated rings. The number of carbonyl (C=O) groups is 1. The predicted octanol–water partition coefficient (Wildman–Crippen LogP) is 1.67. The molecule has 0 aromatic rings. The van der Waals surface area contributed by atoms with E-state index in [0.29, 0.717) is 23.6 Å². The smallest absolute Gasteiger partial charge is 0.281 e. The lowest BCUT2D eigenvalue weighted by Gasteiger charge is -2.08. The fourth-order valence-electron chi connectivity index (χ4n) is 1.65. The molecule has 1 amide bonds. The van der Waals surface area contributed by atoms with E-state index >= 15 is 0 Å². The molecule has 78 valence electrons. The van der Waals surface area contributed by atoms with Crippen molar-refractivity contribution in [2.45, 2.75) is 0 Å². The van der Waals surface area contributed by atoms with Crippen molar-refractivity contribution < 1.29 is 9.53 Å². The fourth-order valence-corrected chi connectivity index (χ4v) is 1.65. The van der Waals surface area contributed by atoms with E-state index in [1.807, 2.05) is 6.08 Å². The summed E-state index contributed by atoms with van der Waals surface area (Å²) in [5, 5.41) is 7.96. The van der Waals surface area contributed by atoms with Gasteiger partial charge in [-0.05, 0) is 18.2 Å². The van der Waals surface area contributed by atoms with E-state index in [9.17, 15) is 4.79 Å². The number of allylic oxidation sites excluding steroid dienone is 2. The molecule has 0 unspecified atom stereocenters. The van der Waals surface area contributed by atoms with E-state index < -0.39 is 0 Å². The highest BCUT2D eigenvalue weighted by molar-refractivity contribution is 6.08. The van der Waals surface area contributed by atoms with Gasteiger partial charge in [-0.25, -0.2) is 4.99 Å². The summed E-state index contributed by atoms with van der Waals surface area (Å²) in [6, 6.07) is 0. The lowest BCUT2D eigenvalue weighted by Crippen LogP contribution is -2.07. The van der Waals surface area contributed by atoms with Crippen LogP contribution in [0.2, 0.25) is 0 Å². The summed E-state index contributed by atoms with van der Waals surface area (Å²) in [5.41, 5.74) is 2.47. The van der Waals surface area contributed by atoms with Crippen LogP contribution in [0.4, 0.5) is 0 Å². The number of carbonyl (C=O) groups excluding carboxylic acids is 1. The second-order valence-corrected chi connectivity index (χ2v) is 3.35. The molecule has 3 rings (SSSR count). The minimum absolute atomic E-state index is 0.293. The van der Waals surface area contributed by atoms with Crippen LogP contribution in [-0.2, 0) is 9.53 Å². The molecule has 3 aliphatic heterocycles. The quantitative estimate of drug-likeness (QED) is 0.665. The van der Waals surface area contributed by atoms with E-state index in [4.69, 9.17) is 4.74 Å². The summed E-state index contributed by atoms with van der Waals surface area (Å²) in [5.74, 6) is -0.293. The standard InChI is InChI=1S/C11H7N3O2/c15-11-9-8(1-4-12-11)13-14-10(9)7-2-5-16-6-3-7/h1-5H,6H2. The molecule has 3 heterocycles. The number of azo groups is 1. The lowest BCUT2D eigenvalue weighted by molar-refractivity contribution is -0.114. The van der Waals surface area contributed by atoms with E-state index in [1.165, 1.54) is 6.21 Å². The van der Waals surface area contributed by atoms with Crippen LogP contribution in [0.5, 0.6) is 0 Å². The number of nitrogens with zero attached hydrogens (tertiary/aromatic N) is 3. The van der Waals surface area contributed by atoms with Crippen LogP contribution in [0.25, 0.3) is 0 Å². The minimum Gasteiger partial charge on any atom is -0.497 e. The van der Waals surface area contributed by atoms with E-state index in [1.54, 1.807) is 18.4 Å². The van der Waals surface area contributed by atoms with Gasteiger partial charge in [-0.3, -0.25) is 4.79 Å². The molecule has 3 aliphatic rings. The maximum Gasteiger partial charge on any atom is 0.281 e. The zero-order chi connectivity index (χ0) is 11.0. The normalized spacial score (nSPS) is 21.9. The van der Waals surface area contributed by atoms with Crippen LogP contribution in [0.15, 0.2) is 62.3 Å². The first kappa shape index (κ1) is 8.96. The maximum atomic E-state index is 11.6. The summed E-state index contributed by atoms with van der Waals surface area (Å²) in [6.45, 7) is 0.481. The Balaban J connectivity index is 2.11. The Morgan fingerprint density at radius 2 is 2.25 bits per heavy atom. The number of hydrogen-bond acceptors (Lipinski definition) is 4. The number of rotatable bonds is 1. The molecule has 0 spiro atoms. The second-order valence-electron chi connectivity index (χ2n) is 3.35. The molecule has 0 saturated carbocycles. The van der Waals surface area contributed by atoms with Gasteiger partial charge in [-0.1, -0.05) is 0 Å². The predicted molar refractivity (Wildman–Crippen MR) is 56.6 cm³/mol. The Labute approximate surface area is 91.2 Å². The third kappa shape index (κ3) is 1.25. The van der Waals surface area contributed by atoms with Crippen molar-refractivity contribution >= 4 is 12.1 Å². The summed E-state index contributed by atoms with van der Waals surface area (Å²) in [7, 11) is 0. The molecule has 16 heavy (non-hydrogen) atoms. The first-order valence-corrected chi connectivity index (χ1v) is 4.80. The lowest BCUT2D eigenvalue weighted by atomic mass is 10.0. The highest BCUT2D eigenvalue weighted by Crippen LogP contribution is 2.33. The molecule has 0 aliphatic carbocycles. The highest BCUT2D eigenvalue weighted by Gasteiger charge is 2.27. The molecule has 0 bridgehead atoms. The fraction of sp³-hybridized carbons (Fsp3) is 0.0909. The number of ether oxygens (including phenoxy) is 1. The first-order valence-electron chi connectivity index (χ1n) is 4.80. The number of hydrogen-bond donors (Lipinski definition) is 0.